The summed E-state index contributed by atoms with van der Waals surface area (Å²) in [5, 5.41) is 9.21. The van der Waals surface area contributed by atoms with Crippen molar-refractivity contribution in [1.29, 1.82) is 0 Å². The van der Waals surface area contributed by atoms with Crippen molar-refractivity contribution < 1.29 is 14.7 Å². The molecule has 5 nitrogen and oxygen atoms in total. The third kappa shape index (κ3) is 4.32. The summed E-state index contributed by atoms with van der Waals surface area (Å²) >= 11 is 6.21. The number of hydrogen-bond donors (Lipinski definition) is 1. The van der Waals surface area contributed by atoms with Gasteiger partial charge in [0.05, 0.1) is 22.7 Å². The van der Waals surface area contributed by atoms with Crippen molar-refractivity contribution in [1.82, 2.24) is 9.88 Å². The molecule has 0 bridgehead atoms. The van der Waals surface area contributed by atoms with E-state index in [4.69, 9.17) is 16.7 Å². The molecule has 0 spiro atoms. The van der Waals surface area contributed by atoms with Gasteiger partial charge in [-0.3, -0.25) is 14.6 Å². The van der Waals surface area contributed by atoms with Crippen molar-refractivity contribution in [3.05, 3.63) is 53.2 Å². The van der Waals surface area contributed by atoms with Crippen LogP contribution in [0.3, 0.4) is 0 Å². The Balaban J connectivity index is 2.35. The summed E-state index contributed by atoms with van der Waals surface area (Å²) < 4.78 is 0. The van der Waals surface area contributed by atoms with Gasteiger partial charge in [-0.25, -0.2) is 0 Å². The number of aromatic nitrogens is 1. The smallest absolute Gasteiger partial charge is 0.305 e. The molecule has 6 heteroatoms. The molecule has 1 N–H and O–H groups in total. The number of hydrogen-bond acceptors (Lipinski definition) is 3. The molecule has 1 aromatic heterocycles. The molecule has 0 saturated carbocycles. The molecule has 0 saturated heterocycles. The van der Waals surface area contributed by atoms with Crippen molar-refractivity contribution in [3.63, 3.8) is 0 Å². The third-order valence-corrected chi connectivity index (χ3v) is 3.94. The average Bonchev–Trinajstić information content (AvgIpc) is 2.55. The molecular formula is C18H19ClN2O3. The van der Waals surface area contributed by atoms with Crippen LogP contribution in [0.4, 0.5) is 0 Å². The number of carbonyl (C=O) groups excluding carboxylic acids is 1. The number of carbonyl (C=O) groups is 2. The fraction of sp³-hybridized carbons (Fsp3) is 0.278. The zero-order valence-electron chi connectivity index (χ0n) is 13.6. The predicted molar refractivity (Wildman–Crippen MR) is 93.1 cm³/mol. The lowest BCUT2D eigenvalue weighted by atomic mass is 10.1. The number of halogens is 1. The Kier molecular flexibility index (Phi) is 5.93. The Hall–Kier alpha value is -2.40. The van der Waals surface area contributed by atoms with Crippen LogP contribution in [0.5, 0.6) is 0 Å². The summed E-state index contributed by atoms with van der Waals surface area (Å²) in [6, 6.07) is 10.6. The minimum absolute atomic E-state index is 0.110. The number of carboxylic acid groups (broad SMARTS) is 1. The van der Waals surface area contributed by atoms with Gasteiger partial charge in [-0.2, -0.15) is 0 Å². The number of aliphatic carboxylic acids is 1. The van der Waals surface area contributed by atoms with Crippen molar-refractivity contribution in [2.75, 3.05) is 6.54 Å². The van der Waals surface area contributed by atoms with Crippen LogP contribution in [0.15, 0.2) is 42.6 Å². The van der Waals surface area contributed by atoms with Crippen LogP contribution >= 0.6 is 11.6 Å². The molecule has 2 rings (SSSR count). The fourth-order valence-corrected chi connectivity index (χ4v) is 2.55. The number of nitrogens with zero attached hydrogens (tertiary/aromatic N) is 2. The molecule has 1 heterocycles. The van der Waals surface area contributed by atoms with Gasteiger partial charge < -0.3 is 10.0 Å². The van der Waals surface area contributed by atoms with E-state index in [1.807, 2.05) is 32.0 Å². The molecule has 0 fully saturated rings. The van der Waals surface area contributed by atoms with Crippen molar-refractivity contribution in [2.45, 2.75) is 26.3 Å². The van der Waals surface area contributed by atoms with Gasteiger partial charge in [0, 0.05) is 24.3 Å². The van der Waals surface area contributed by atoms with E-state index in [9.17, 15) is 9.59 Å². The van der Waals surface area contributed by atoms with E-state index in [2.05, 4.69) is 4.98 Å². The van der Waals surface area contributed by atoms with Crippen molar-refractivity contribution in [2.24, 2.45) is 0 Å². The van der Waals surface area contributed by atoms with Crippen LogP contribution in [0.2, 0.25) is 5.02 Å². The predicted octanol–water partition coefficient (Wildman–Crippen LogP) is 3.73. The number of pyridine rings is 1. The van der Waals surface area contributed by atoms with Gasteiger partial charge in [-0.1, -0.05) is 23.7 Å². The van der Waals surface area contributed by atoms with Crippen LogP contribution in [0.25, 0.3) is 11.3 Å². The zero-order chi connectivity index (χ0) is 17.7. The highest BCUT2D eigenvalue weighted by Gasteiger charge is 2.22. The van der Waals surface area contributed by atoms with Crippen molar-refractivity contribution >= 4 is 23.5 Å². The molecule has 24 heavy (non-hydrogen) atoms. The molecule has 0 radical (unpaired) electrons. The lowest BCUT2D eigenvalue weighted by molar-refractivity contribution is -0.137. The van der Waals surface area contributed by atoms with E-state index < -0.39 is 5.97 Å². The maximum atomic E-state index is 12.8. The SMILES string of the molecule is CC(C)N(CCC(=O)O)C(=O)c1cc(-c2ccccn2)ccc1Cl. The van der Waals surface area contributed by atoms with Gasteiger partial charge in [0.25, 0.3) is 5.91 Å². The normalized spacial score (nSPS) is 10.7. The summed E-state index contributed by atoms with van der Waals surface area (Å²) in [7, 11) is 0. The molecule has 0 aliphatic carbocycles. The first kappa shape index (κ1) is 17.9. The largest absolute Gasteiger partial charge is 0.481 e. The second-order valence-electron chi connectivity index (χ2n) is 5.65. The Labute approximate surface area is 145 Å². The molecule has 0 aliphatic rings. The Morgan fingerprint density at radius 3 is 2.58 bits per heavy atom. The second-order valence-corrected chi connectivity index (χ2v) is 6.05. The standard InChI is InChI=1S/C18H19ClN2O3/c1-12(2)21(10-8-17(22)23)18(24)14-11-13(6-7-15(14)19)16-5-3-4-9-20-16/h3-7,9,11-12H,8,10H2,1-2H3,(H,22,23). The third-order valence-electron chi connectivity index (χ3n) is 3.61. The van der Waals surface area contributed by atoms with E-state index in [1.165, 1.54) is 4.90 Å². The highest BCUT2D eigenvalue weighted by Crippen LogP contribution is 2.25. The van der Waals surface area contributed by atoms with Gasteiger partial charge in [0.15, 0.2) is 0 Å². The second kappa shape index (κ2) is 7.93. The topological polar surface area (TPSA) is 70.5 Å². The Morgan fingerprint density at radius 1 is 1.25 bits per heavy atom. The van der Waals surface area contributed by atoms with Crippen LogP contribution < -0.4 is 0 Å². The maximum Gasteiger partial charge on any atom is 0.305 e. The number of carboxylic acids is 1. The molecule has 126 valence electrons. The summed E-state index contributed by atoms with van der Waals surface area (Å²) in [6.45, 7) is 3.82. The van der Waals surface area contributed by atoms with E-state index in [0.29, 0.717) is 10.6 Å². The molecule has 0 atom stereocenters. The average molecular weight is 347 g/mol. The lowest BCUT2D eigenvalue weighted by Crippen LogP contribution is -2.38. The molecular weight excluding hydrogens is 328 g/mol. The number of benzene rings is 1. The summed E-state index contributed by atoms with van der Waals surface area (Å²) in [6.07, 6.45) is 1.57. The molecule has 1 amide bonds. The minimum Gasteiger partial charge on any atom is -0.481 e. The van der Waals surface area contributed by atoms with Gasteiger partial charge in [0.2, 0.25) is 0 Å². The number of amides is 1. The van der Waals surface area contributed by atoms with E-state index in [0.717, 1.165) is 11.3 Å². The first-order chi connectivity index (χ1) is 11.4. The highest BCUT2D eigenvalue weighted by molar-refractivity contribution is 6.34. The minimum atomic E-state index is -0.943. The highest BCUT2D eigenvalue weighted by atomic mass is 35.5. The molecule has 0 unspecified atom stereocenters. The summed E-state index contributed by atoms with van der Waals surface area (Å²) in [5.74, 6) is -1.23. The van der Waals surface area contributed by atoms with Crippen LogP contribution in [-0.2, 0) is 4.79 Å². The van der Waals surface area contributed by atoms with Crippen LogP contribution in [-0.4, -0.2) is 39.5 Å². The number of rotatable bonds is 6. The molecule has 0 aliphatic heterocycles. The van der Waals surface area contributed by atoms with E-state index in [1.54, 1.807) is 24.4 Å². The quantitative estimate of drug-likeness (QED) is 0.865. The van der Waals surface area contributed by atoms with Crippen LogP contribution in [0.1, 0.15) is 30.6 Å². The van der Waals surface area contributed by atoms with Crippen LogP contribution in [0, 0.1) is 0 Å². The first-order valence-corrected chi connectivity index (χ1v) is 8.01. The Morgan fingerprint density at radius 2 is 2.00 bits per heavy atom. The van der Waals surface area contributed by atoms with Gasteiger partial charge in [-0.05, 0) is 38.1 Å². The summed E-state index contributed by atoms with van der Waals surface area (Å²) in [4.78, 5) is 29.4. The molecule has 2 aromatic rings. The maximum absolute atomic E-state index is 12.8. The van der Waals surface area contributed by atoms with Crippen molar-refractivity contribution in [3.8, 4) is 11.3 Å². The fourth-order valence-electron chi connectivity index (χ4n) is 2.35. The van der Waals surface area contributed by atoms with Gasteiger partial charge in [-0.15, -0.1) is 0 Å². The monoisotopic (exact) mass is 346 g/mol. The van der Waals surface area contributed by atoms with E-state index >= 15 is 0 Å². The van der Waals surface area contributed by atoms with Gasteiger partial charge >= 0.3 is 5.97 Å². The zero-order valence-corrected chi connectivity index (χ0v) is 14.3. The van der Waals surface area contributed by atoms with E-state index in [-0.39, 0.29) is 24.9 Å². The first-order valence-electron chi connectivity index (χ1n) is 7.64. The summed E-state index contributed by atoms with van der Waals surface area (Å²) in [5.41, 5.74) is 1.87. The molecule has 1 aromatic carbocycles. The Bertz CT molecular complexity index is 732. The lowest BCUT2D eigenvalue weighted by Gasteiger charge is -2.26. The van der Waals surface area contributed by atoms with Gasteiger partial charge in [0.1, 0.15) is 0 Å².